The fraction of sp³-hybridized carbons (Fsp3) is 0.471. The van der Waals surface area contributed by atoms with Crippen LogP contribution >= 0.6 is 12.4 Å². The maximum atomic E-state index is 12.6. The van der Waals surface area contributed by atoms with Gasteiger partial charge in [-0.1, -0.05) is 37.5 Å². The van der Waals surface area contributed by atoms with Crippen molar-refractivity contribution in [2.45, 2.75) is 44.2 Å². The van der Waals surface area contributed by atoms with Gasteiger partial charge in [0.15, 0.2) is 0 Å². The number of hydrogen-bond acceptors (Lipinski definition) is 3. The van der Waals surface area contributed by atoms with E-state index in [-0.39, 0.29) is 18.3 Å². The molecule has 4 nitrogen and oxygen atoms in total. The van der Waals surface area contributed by atoms with Gasteiger partial charge in [-0.25, -0.2) is 0 Å². The first kappa shape index (κ1) is 16.8. The molecule has 1 fully saturated rings. The molecule has 0 bridgehead atoms. The molecule has 1 aromatic heterocycles. The first-order valence-electron chi connectivity index (χ1n) is 7.60. The van der Waals surface area contributed by atoms with Gasteiger partial charge in [-0.3, -0.25) is 4.79 Å². The Labute approximate surface area is 137 Å². The standard InChI is InChI=1S/C17H22N2O2.ClH/c1-19(16(20)17(18)9-5-2-6-10-17)12-14-11-13-7-3-4-8-15(13)21-14;/h3-4,7-8,11H,2,5-6,9-10,12,18H2,1H3;1H. The van der Waals surface area contributed by atoms with Gasteiger partial charge >= 0.3 is 0 Å². The number of carbonyl (C=O) groups is 1. The van der Waals surface area contributed by atoms with Gasteiger partial charge in [0.25, 0.3) is 0 Å². The molecule has 1 heterocycles. The lowest BCUT2D eigenvalue weighted by atomic mass is 9.81. The quantitative estimate of drug-likeness (QED) is 0.941. The van der Waals surface area contributed by atoms with E-state index in [0.29, 0.717) is 6.54 Å². The van der Waals surface area contributed by atoms with Crippen molar-refractivity contribution < 1.29 is 9.21 Å². The Balaban J connectivity index is 0.00000176. The lowest BCUT2D eigenvalue weighted by Crippen LogP contribution is -2.55. The molecule has 5 heteroatoms. The van der Waals surface area contributed by atoms with Crippen molar-refractivity contribution in [1.29, 1.82) is 0 Å². The van der Waals surface area contributed by atoms with Gasteiger partial charge in [0.1, 0.15) is 11.3 Å². The largest absolute Gasteiger partial charge is 0.459 e. The zero-order valence-corrected chi connectivity index (χ0v) is 13.7. The van der Waals surface area contributed by atoms with Crippen LogP contribution in [0.1, 0.15) is 37.9 Å². The first-order valence-corrected chi connectivity index (χ1v) is 7.60. The molecule has 1 amide bonds. The van der Waals surface area contributed by atoms with Crippen LogP contribution in [-0.4, -0.2) is 23.4 Å². The molecule has 0 saturated heterocycles. The number of rotatable bonds is 3. The van der Waals surface area contributed by atoms with Crippen LogP contribution in [0.2, 0.25) is 0 Å². The zero-order valence-electron chi connectivity index (χ0n) is 12.9. The van der Waals surface area contributed by atoms with Crippen molar-refractivity contribution in [2.75, 3.05) is 7.05 Å². The van der Waals surface area contributed by atoms with Crippen LogP contribution in [0.25, 0.3) is 11.0 Å². The van der Waals surface area contributed by atoms with Gasteiger partial charge < -0.3 is 15.1 Å². The number of furan rings is 1. The third-order valence-electron chi connectivity index (χ3n) is 4.39. The van der Waals surface area contributed by atoms with E-state index < -0.39 is 5.54 Å². The number of likely N-dealkylation sites (N-methyl/N-ethyl adjacent to an activating group) is 1. The van der Waals surface area contributed by atoms with Crippen molar-refractivity contribution in [3.05, 3.63) is 36.1 Å². The Kier molecular flexibility index (Phi) is 5.14. The Bertz CT molecular complexity index is 614. The lowest BCUT2D eigenvalue weighted by Gasteiger charge is -2.35. The molecule has 1 aliphatic carbocycles. The fourth-order valence-corrected chi connectivity index (χ4v) is 3.20. The van der Waals surface area contributed by atoms with Crippen LogP contribution in [0.4, 0.5) is 0 Å². The maximum absolute atomic E-state index is 12.6. The number of fused-ring (bicyclic) bond motifs is 1. The molecule has 22 heavy (non-hydrogen) atoms. The summed E-state index contributed by atoms with van der Waals surface area (Å²) in [5.41, 5.74) is 6.48. The van der Waals surface area contributed by atoms with Crippen molar-refractivity contribution in [2.24, 2.45) is 5.73 Å². The second-order valence-electron chi connectivity index (χ2n) is 6.13. The molecular weight excluding hydrogens is 300 g/mol. The average Bonchev–Trinajstić information content (AvgIpc) is 2.89. The average molecular weight is 323 g/mol. The van der Waals surface area contributed by atoms with Crippen LogP contribution in [0.15, 0.2) is 34.7 Å². The smallest absolute Gasteiger partial charge is 0.242 e. The molecule has 120 valence electrons. The summed E-state index contributed by atoms with van der Waals surface area (Å²) in [7, 11) is 1.80. The lowest BCUT2D eigenvalue weighted by molar-refractivity contribution is -0.137. The highest BCUT2D eigenvalue weighted by molar-refractivity contribution is 5.86. The highest BCUT2D eigenvalue weighted by Gasteiger charge is 2.37. The Morgan fingerprint density at radius 2 is 1.95 bits per heavy atom. The Morgan fingerprint density at radius 3 is 2.64 bits per heavy atom. The fourth-order valence-electron chi connectivity index (χ4n) is 3.20. The summed E-state index contributed by atoms with van der Waals surface area (Å²) in [4.78, 5) is 14.3. The minimum Gasteiger partial charge on any atom is -0.459 e. The van der Waals surface area contributed by atoms with Crippen molar-refractivity contribution in [1.82, 2.24) is 4.90 Å². The minimum atomic E-state index is -0.682. The maximum Gasteiger partial charge on any atom is 0.242 e. The number of halogens is 1. The third kappa shape index (κ3) is 3.28. The van der Waals surface area contributed by atoms with E-state index in [0.717, 1.165) is 42.4 Å². The highest BCUT2D eigenvalue weighted by atomic mass is 35.5. The second-order valence-corrected chi connectivity index (χ2v) is 6.13. The van der Waals surface area contributed by atoms with E-state index in [1.807, 2.05) is 30.3 Å². The van der Waals surface area contributed by atoms with Crippen LogP contribution in [0, 0.1) is 0 Å². The van der Waals surface area contributed by atoms with Crippen LogP contribution in [-0.2, 0) is 11.3 Å². The molecule has 0 aliphatic heterocycles. The van der Waals surface area contributed by atoms with E-state index in [4.69, 9.17) is 10.2 Å². The summed E-state index contributed by atoms with van der Waals surface area (Å²) >= 11 is 0. The summed E-state index contributed by atoms with van der Waals surface area (Å²) in [6, 6.07) is 9.86. The summed E-state index contributed by atoms with van der Waals surface area (Å²) in [6.45, 7) is 0.465. The Hall–Kier alpha value is -1.52. The number of nitrogens with zero attached hydrogens (tertiary/aromatic N) is 1. The van der Waals surface area contributed by atoms with Gasteiger partial charge in [-0.05, 0) is 25.0 Å². The number of nitrogens with two attached hydrogens (primary N) is 1. The van der Waals surface area contributed by atoms with E-state index in [1.54, 1.807) is 11.9 Å². The molecule has 3 rings (SSSR count). The number of benzene rings is 1. The highest BCUT2D eigenvalue weighted by Crippen LogP contribution is 2.28. The van der Waals surface area contributed by atoms with E-state index >= 15 is 0 Å². The molecule has 1 aromatic carbocycles. The van der Waals surface area contributed by atoms with Gasteiger partial charge in [-0.2, -0.15) is 0 Å². The van der Waals surface area contributed by atoms with Crippen molar-refractivity contribution in [3.63, 3.8) is 0 Å². The summed E-state index contributed by atoms with van der Waals surface area (Å²) < 4.78 is 5.77. The molecule has 0 unspecified atom stereocenters. The monoisotopic (exact) mass is 322 g/mol. The van der Waals surface area contributed by atoms with Gasteiger partial charge in [0.05, 0.1) is 12.1 Å². The minimum absolute atomic E-state index is 0. The van der Waals surface area contributed by atoms with E-state index in [1.165, 1.54) is 6.42 Å². The molecule has 1 aliphatic rings. The molecule has 2 aromatic rings. The molecule has 1 saturated carbocycles. The normalized spacial score (nSPS) is 17.0. The van der Waals surface area contributed by atoms with Gasteiger partial charge in [0.2, 0.25) is 5.91 Å². The summed E-state index contributed by atoms with van der Waals surface area (Å²) in [5.74, 6) is 0.828. The zero-order chi connectivity index (χ0) is 14.9. The van der Waals surface area contributed by atoms with Crippen molar-refractivity contribution >= 4 is 29.3 Å². The Morgan fingerprint density at radius 1 is 1.27 bits per heavy atom. The summed E-state index contributed by atoms with van der Waals surface area (Å²) in [6.07, 6.45) is 4.84. The molecule has 2 N–H and O–H groups in total. The van der Waals surface area contributed by atoms with Crippen LogP contribution in [0.3, 0.4) is 0 Å². The number of amides is 1. The van der Waals surface area contributed by atoms with E-state index in [9.17, 15) is 4.79 Å². The third-order valence-corrected chi connectivity index (χ3v) is 4.39. The summed E-state index contributed by atoms with van der Waals surface area (Å²) in [5, 5.41) is 1.06. The topological polar surface area (TPSA) is 59.5 Å². The molecule has 0 spiro atoms. The first-order chi connectivity index (χ1) is 10.1. The SMILES string of the molecule is CN(Cc1cc2ccccc2o1)C(=O)C1(N)CCCCC1.Cl. The predicted molar refractivity (Wildman–Crippen MR) is 89.9 cm³/mol. The van der Waals surface area contributed by atoms with Gasteiger partial charge in [-0.15, -0.1) is 12.4 Å². The molecule has 0 atom stereocenters. The predicted octanol–water partition coefficient (Wildman–Crippen LogP) is 3.47. The molecule has 0 radical (unpaired) electrons. The van der Waals surface area contributed by atoms with Crippen LogP contribution in [0.5, 0.6) is 0 Å². The number of carbonyl (C=O) groups excluding carboxylic acids is 1. The van der Waals surface area contributed by atoms with E-state index in [2.05, 4.69) is 0 Å². The molecular formula is C17H23ClN2O2. The second kappa shape index (κ2) is 6.71. The number of hydrogen-bond donors (Lipinski definition) is 1. The van der Waals surface area contributed by atoms with Gasteiger partial charge in [0, 0.05) is 12.4 Å². The van der Waals surface area contributed by atoms with Crippen molar-refractivity contribution in [3.8, 4) is 0 Å². The van der Waals surface area contributed by atoms with Crippen LogP contribution < -0.4 is 5.73 Å². The number of para-hydroxylation sites is 1.